The van der Waals surface area contributed by atoms with Crippen LogP contribution < -0.4 is 10.6 Å². The number of nitrogens with one attached hydrogen (secondary N) is 2. The summed E-state index contributed by atoms with van der Waals surface area (Å²) in [7, 11) is 0. The molecule has 0 spiro atoms. The smallest absolute Gasteiger partial charge is 0.353 e. The molecule has 4 aromatic rings. The van der Waals surface area contributed by atoms with Gasteiger partial charge in [-0.3, -0.25) is 14.4 Å². The first-order valence-corrected chi connectivity index (χ1v) is 11.3. The molecule has 9 nitrogen and oxygen atoms in total. The van der Waals surface area contributed by atoms with Gasteiger partial charge in [0.2, 0.25) is 11.8 Å². The predicted molar refractivity (Wildman–Crippen MR) is 136 cm³/mol. The number of aryl methyl sites for hydroxylation is 1. The summed E-state index contributed by atoms with van der Waals surface area (Å²) in [6.45, 7) is 1.74. The molecule has 3 N–H and O–H groups in total. The van der Waals surface area contributed by atoms with Gasteiger partial charge in [0, 0.05) is 21.2 Å². The summed E-state index contributed by atoms with van der Waals surface area (Å²) >= 11 is 3.29. The Morgan fingerprint density at radius 3 is 2.26 bits per heavy atom. The van der Waals surface area contributed by atoms with E-state index in [9.17, 15) is 19.5 Å². The summed E-state index contributed by atoms with van der Waals surface area (Å²) in [5.41, 5.74) is 2.60. The number of nitrogens with zero attached hydrogens (tertiary/aromatic N) is 3. The van der Waals surface area contributed by atoms with E-state index in [1.165, 1.54) is 4.57 Å². The summed E-state index contributed by atoms with van der Waals surface area (Å²) < 4.78 is 2.18. The third kappa shape index (κ3) is 5.61. The summed E-state index contributed by atoms with van der Waals surface area (Å²) in [4.78, 5) is 37.0. The maximum Gasteiger partial charge on any atom is 0.353 e. The molecule has 3 amide bonds. The van der Waals surface area contributed by atoms with Crippen LogP contribution in [0.25, 0.3) is 10.9 Å². The van der Waals surface area contributed by atoms with Crippen LogP contribution in [0.15, 0.2) is 87.5 Å². The Hall–Kier alpha value is -4.31. The van der Waals surface area contributed by atoms with Gasteiger partial charge in [-0.2, -0.15) is 0 Å². The van der Waals surface area contributed by atoms with E-state index in [1.54, 1.807) is 60.7 Å². The molecule has 0 aliphatic rings. The van der Waals surface area contributed by atoms with Crippen LogP contribution in [0.5, 0.6) is 5.88 Å². The number of aromatic nitrogens is 1. The van der Waals surface area contributed by atoms with Crippen molar-refractivity contribution in [1.82, 2.24) is 4.57 Å². The number of benzene rings is 3. The van der Waals surface area contributed by atoms with Gasteiger partial charge in [0.25, 0.3) is 0 Å². The van der Waals surface area contributed by atoms with Crippen LogP contribution in [0, 0.1) is 6.92 Å². The van der Waals surface area contributed by atoms with Crippen LogP contribution in [-0.4, -0.2) is 27.4 Å². The Bertz CT molecular complexity index is 1440. The minimum Gasteiger partial charge on any atom is -0.493 e. The number of hydrogen-bond donors (Lipinski definition) is 3. The summed E-state index contributed by atoms with van der Waals surface area (Å²) in [5, 5.41) is 23.8. The van der Waals surface area contributed by atoms with Crippen molar-refractivity contribution in [2.24, 2.45) is 10.2 Å². The monoisotopic (exact) mass is 533 g/mol. The van der Waals surface area contributed by atoms with Gasteiger partial charge in [0.15, 0.2) is 5.69 Å². The molecule has 0 saturated carbocycles. The zero-order chi connectivity index (χ0) is 24.9. The predicted octanol–water partition coefficient (Wildman–Crippen LogP) is 5.31. The minimum absolute atomic E-state index is 0.0199. The Morgan fingerprint density at radius 2 is 1.54 bits per heavy atom. The maximum absolute atomic E-state index is 12.6. The first kappa shape index (κ1) is 23.8. The maximum atomic E-state index is 12.6. The van der Waals surface area contributed by atoms with Gasteiger partial charge >= 0.3 is 11.8 Å². The molecular weight excluding hydrogens is 514 g/mol. The number of halogens is 1. The van der Waals surface area contributed by atoms with Gasteiger partial charge in [-0.05, 0) is 49.4 Å². The first-order valence-electron chi connectivity index (χ1n) is 10.5. The Labute approximate surface area is 208 Å². The molecule has 0 saturated heterocycles. The zero-order valence-corrected chi connectivity index (χ0v) is 20.1. The number of amides is 3. The lowest BCUT2D eigenvalue weighted by Gasteiger charge is -2.08. The number of rotatable bonds is 5. The van der Waals surface area contributed by atoms with Gasteiger partial charge < -0.3 is 20.3 Å². The molecule has 35 heavy (non-hydrogen) atoms. The molecule has 10 heteroatoms. The van der Waals surface area contributed by atoms with Crippen LogP contribution in [0.2, 0.25) is 0 Å². The molecule has 0 aliphatic carbocycles. The fourth-order valence-corrected chi connectivity index (χ4v) is 3.63. The summed E-state index contributed by atoms with van der Waals surface area (Å²) in [6.07, 6.45) is 0. The van der Waals surface area contributed by atoms with E-state index in [2.05, 4.69) is 36.8 Å². The van der Waals surface area contributed by atoms with E-state index in [1.807, 2.05) is 19.1 Å². The van der Waals surface area contributed by atoms with Crippen LogP contribution in [0.4, 0.5) is 17.1 Å². The highest BCUT2D eigenvalue weighted by Gasteiger charge is 2.20. The van der Waals surface area contributed by atoms with Crippen molar-refractivity contribution in [2.75, 3.05) is 10.6 Å². The second kappa shape index (κ2) is 10.3. The van der Waals surface area contributed by atoms with Crippen LogP contribution in [0.3, 0.4) is 0 Å². The van der Waals surface area contributed by atoms with E-state index < -0.39 is 11.8 Å². The third-order valence-corrected chi connectivity index (χ3v) is 5.62. The van der Waals surface area contributed by atoms with Crippen molar-refractivity contribution in [3.8, 4) is 5.88 Å². The van der Waals surface area contributed by atoms with E-state index >= 15 is 0 Å². The summed E-state index contributed by atoms with van der Waals surface area (Å²) in [5.74, 6) is -2.83. The topological polar surface area (TPSA) is 125 Å². The number of azo groups is 1. The molecule has 0 atom stereocenters. The molecule has 0 radical (unpaired) electrons. The normalized spacial score (nSPS) is 11.0. The number of para-hydroxylation sites is 1. The SMILES string of the molecule is Cc1ccc(NC(=O)Cn2c(O)c(N=NC(=O)C(=O)Nc3ccc(Br)cc3)c3ccccc32)cc1. The Balaban J connectivity index is 1.53. The number of fused-ring (bicyclic) bond motifs is 1. The van der Waals surface area contributed by atoms with Gasteiger partial charge in [-0.25, -0.2) is 0 Å². The molecule has 4 rings (SSSR count). The van der Waals surface area contributed by atoms with Crippen molar-refractivity contribution in [2.45, 2.75) is 13.5 Å². The number of carbonyl (C=O) groups excluding carboxylic acids is 3. The molecule has 1 aromatic heterocycles. The Morgan fingerprint density at radius 1 is 0.914 bits per heavy atom. The highest BCUT2D eigenvalue weighted by Crippen LogP contribution is 2.38. The van der Waals surface area contributed by atoms with Crippen molar-refractivity contribution < 1.29 is 19.5 Å². The quantitative estimate of drug-likeness (QED) is 0.237. The molecule has 0 bridgehead atoms. The molecule has 0 unspecified atom stereocenters. The van der Waals surface area contributed by atoms with Crippen molar-refractivity contribution in [3.63, 3.8) is 0 Å². The van der Waals surface area contributed by atoms with E-state index in [0.717, 1.165) is 10.0 Å². The lowest BCUT2D eigenvalue weighted by Crippen LogP contribution is -2.20. The van der Waals surface area contributed by atoms with Crippen molar-refractivity contribution in [3.05, 3.63) is 82.8 Å². The number of carbonyl (C=O) groups is 3. The van der Waals surface area contributed by atoms with E-state index in [-0.39, 0.29) is 24.0 Å². The van der Waals surface area contributed by atoms with Gasteiger partial charge in [-0.1, -0.05) is 51.8 Å². The standard InChI is InChI=1S/C25H20BrN5O4/c1-15-6-10-17(11-7-15)27-21(32)14-31-20-5-3-2-4-19(20)22(25(31)35)29-30-24(34)23(33)28-18-12-8-16(26)9-13-18/h2-13,35H,14H2,1H3,(H,27,32)(H,28,33). The van der Waals surface area contributed by atoms with Gasteiger partial charge in [0.1, 0.15) is 6.54 Å². The fraction of sp³-hybridized carbons (Fsp3) is 0.0800. The molecule has 176 valence electrons. The van der Waals surface area contributed by atoms with E-state index in [4.69, 9.17) is 0 Å². The lowest BCUT2D eigenvalue weighted by atomic mass is 10.2. The first-order chi connectivity index (χ1) is 16.8. The highest BCUT2D eigenvalue weighted by atomic mass is 79.9. The summed E-state index contributed by atoms with van der Waals surface area (Å²) in [6, 6.07) is 20.8. The molecule has 1 heterocycles. The Kier molecular flexibility index (Phi) is 7.02. The highest BCUT2D eigenvalue weighted by molar-refractivity contribution is 9.10. The lowest BCUT2D eigenvalue weighted by molar-refractivity contribution is -0.134. The molecule has 0 aliphatic heterocycles. The van der Waals surface area contributed by atoms with Crippen LogP contribution in [-0.2, 0) is 20.9 Å². The minimum atomic E-state index is -1.14. The number of hydrogen-bond acceptors (Lipinski definition) is 5. The third-order valence-electron chi connectivity index (χ3n) is 5.09. The van der Waals surface area contributed by atoms with Gasteiger partial charge in [0.05, 0.1) is 5.52 Å². The molecular formula is C25H20BrN5O4. The van der Waals surface area contributed by atoms with Crippen molar-refractivity contribution in [1.29, 1.82) is 0 Å². The average molecular weight is 534 g/mol. The average Bonchev–Trinajstić information content (AvgIpc) is 3.11. The number of anilines is 2. The van der Waals surface area contributed by atoms with E-state index in [0.29, 0.717) is 22.3 Å². The second-order valence-corrected chi connectivity index (χ2v) is 8.57. The largest absolute Gasteiger partial charge is 0.493 e. The van der Waals surface area contributed by atoms with Crippen LogP contribution >= 0.6 is 15.9 Å². The molecule has 0 fully saturated rings. The number of aromatic hydroxyl groups is 1. The fourth-order valence-electron chi connectivity index (χ4n) is 3.37. The van der Waals surface area contributed by atoms with Gasteiger partial charge in [-0.15, -0.1) is 10.2 Å². The second-order valence-electron chi connectivity index (χ2n) is 7.66. The zero-order valence-electron chi connectivity index (χ0n) is 18.5. The molecule has 3 aromatic carbocycles. The van der Waals surface area contributed by atoms with Crippen LogP contribution in [0.1, 0.15) is 5.56 Å². The van der Waals surface area contributed by atoms with Crippen molar-refractivity contribution >= 4 is 61.6 Å².